The van der Waals surface area contributed by atoms with Gasteiger partial charge >= 0.3 is 5.69 Å². The van der Waals surface area contributed by atoms with Crippen molar-refractivity contribution in [1.82, 2.24) is 14.0 Å². The molecule has 0 aliphatic heterocycles. The van der Waals surface area contributed by atoms with E-state index in [4.69, 9.17) is 4.74 Å². The predicted octanol–water partition coefficient (Wildman–Crippen LogP) is 3.51. The van der Waals surface area contributed by atoms with Gasteiger partial charge < -0.3 is 4.74 Å². The van der Waals surface area contributed by atoms with Gasteiger partial charge in [0.25, 0.3) is 0 Å². The van der Waals surface area contributed by atoms with Crippen molar-refractivity contribution in [3.05, 3.63) is 94.5 Å². The molecular weight excluding hydrogens is 333 g/mol. The van der Waals surface area contributed by atoms with Crippen molar-refractivity contribution in [2.45, 2.75) is 13.5 Å². The molecule has 0 radical (unpaired) electrons. The van der Waals surface area contributed by atoms with Crippen molar-refractivity contribution in [3.63, 3.8) is 0 Å². The number of halogens is 1. The van der Waals surface area contributed by atoms with Gasteiger partial charge in [-0.25, -0.2) is 14.2 Å². The van der Waals surface area contributed by atoms with Gasteiger partial charge in [-0.15, -0.1) is 0 Å². The number of hydrogen-bond acceptors (Lipinski definition) is 3. The van der Waals surface area contributed by atoms with E-state index in [2.05, 4.69) is 4.98 Å². The third-order valence-electron chi connectivity index (χ3n) is 4.13. The molecule has 2 heterocycles. The number of aryl methyl sites for hydroxylation is 1. The fourth-order valence-corrected chi connectivity index (χ4v) is 2.71. The number of aromatic nitrogens is 3. The minimum absolute atomic E-state index is 0.254. The molecule has 2 aromatic carbocycles. The second-order valence-electron chi connectivity index (χ2n) is 5.96. The van der Waals surface area contributed by atoms with Gasteiger partial charge in [0.15, 0.2) is 0 Å². The summed E-state index contributed by atoms with van der Waals surface area (Å²) >= 11 is 0. The molecule has 0 N–H and O–H groups in total. The van der Waals surface area contributed by atoms with Gasteiger partial charge in [0.1, 0.15) is 23.8 Å². The SMILES string of the molecule is Cc1ccc(-n2ccc3nc(COc4ccccc4)cn3c2=O)cc1F. The number of para-hydroxylation sites is 1. The van der Waals surface area contributed by atoms with Crippen LogP contribution in [-0.2, 0) is 6.61 Å². The molecule has 0 saturated carbocycles. The Labute approximate surface area is 148 Å². The summed E-state index contributed by atoms with van der Waals surface area (Å²) in [5.41, 5.74) is 1.84. The zero-order valence-corrected chi connectivity index (χ0v) is 14.1. The number of ether oxygens (including phenoxy) is 1. The van der Waals surface area contributed by atoms with Crippen LogP contribution >= 0.6 is 0 Å². The van der Waals surface area contributed by atoms with Crippen LogP contribution in [0.4, 0.5) is 4.39 Å². The van der Waals surface area contributed by atoms with E-state index in [0.717, 1.165) is 5.75 Å². The Morgan fingerprint density at radius 1 is 1.12 bits per heavy atom. The summed E-state index contributed by atoms with van der Waals surface area (Å²) in [5, 5.41) is 0. The zero-order chi connectivity index (χ0) is 18.1. The smallest absolute Gasteiger partial charge is 0.338 e. The predicted molar refractivity (Wildman–Crippen MR) is 96.3 cm³/mol. The number of benzene rings is 2. The van der Waals surface area contributed by atoms with Gasteiger partial charge in [-0.05, 0) is 42.8 Å². The standard InChI is InChI=1S/C20H16FN3O2/c1-14-7-8-16(11-18(14)21)23-10-9-19-22-15(12-24(19)20(23)25)13-26-17-5-3-2-4-6-17/h2-12H,13H2,1H3. The second-order valence-corrected chi connectivity index (χ2v) is 5.96. The largest absolute Gasteiger partial charge is 0.487 e. The first-order chi connectivity index (χ1) is 12.6. The van der Waals surface area contributed by atoms with Crippen molar-refractivity contribution < 1.29 is 9.13 Å². The molecule has 0 fully saturated rings. The molecule has 0 unspecified atom stereocenters. The molecule has 6 heteroatoms. The Morgan fingerprint density at radius 3 is 2.69 bits per heavy atom. The molecule has 0 saturated heterocycles. The summed E-state index contributed by atoms with van der Waals surface area (Å²) in [4.78, 5) is 17.1. The van der Waals surface area contributed by atoms with E-state index in [-0.39, 0.29) is 18.1 Å². The van der Waals surface area contributed by atoms with E-state index in [1.807, 2.05) is 30.3 Å². The van der Waals surface area contributed by atoms with E-state index in [1.165, 1.54) is 15.0 Å². The zero-order valence-electron chi connectivity index (χ0n) is 14.1. The monoisotopic (exact) mass is 349 g/mol. The highest BCUT2D eigenvalue weighted by Gasteiger charge is 2.09. The lowest BCUT2D eigenvalue weighted by molar-refractivity contribution is 0.302. The van der Waals surface area contributed by atoms with Crippen LogP contribution in [0.3, 0.4) is 0 Å². The van der Waals surface area contributed by atoms with Gasteiger partial charge in [-0.2, -0.15) is 0 Å². The fourth-order valence-electron chi connectivity index (χ4n) is 2.71. The average molecular weight is 349 g/mol. The lowest BCUT2D eigenvalue weighted by Gasteiger charge is -2.07. The van der Waals surface area contributed by atoms with Crippen LogP contribution in [0.15, 0.2) is 71.8 Å². The Hall–Kier alpha value is -3.41. The maximum absolute atomic E-state index is 13.8. The lowest BCUT2D eigenvalue weighted by Crippen LogP contribution is -2.24. The molecule has 0 amide bonds. The van der Waals surface area contributed by atoms with E-state index >= 15 is 0 Å². The number of fused-ring (bicyclic) bond motifs is 1. The molecule has 130 valence electrons. The summed E-state index contributed by atoms with van der Waals surface area (Å²) < 4.78 is 22.3. The van der Waals surface area contributed by atoms with Crippen LogP contribution < -0.4 is 10.4 Å². The highest BCUT2D eigenvalue weighted by Crippen LogP contribution is 2.14. The highest BCUT2D eigenvalue weighted by atomic mass is 19.1. The summed E-state index contributed by atoms with van der Waals surface area (Å²) in [6.07, 6.45) is 3.23. The maximum atomic E-state index is 13.8. The molecule has 0 aliphatic rings. The molecule has 26 heavy (non-hydrogen) atoms. The van der Waals surface area contributed by atoms with Crippen LogP contribution in [0.5, 0.6) is 5.75 Å². The van der Waals surface area contributed by atoms with Gasteiger partial charge in [0.2, 0.25) is 0 Å². The van der Waals surface area contributed by atoms with Gasteiger partial charge in [0, 0.05) is 12.4 Å². The molecule has 0 spiro atoms. The molecular formula is C20H16FN3O2. The van der Waals surface area contributed by atoms with Crippen molar-refractivity contribution in [2.24, 2.45) is 0 Å². The Morgan fingerprint density at radius 2 is 1.92 bits per heavy atom. The summed E-state index contributed by atoms with van der Waals surface area (Å²) in [5.74, 6) is 0.383. The molecule has 5 nitrogen and oxygen atoms in total. The number of hydrogen-bond donors (Lipinski definition) is 0. The summed E-state index contributed by atoms with van der Waals surface area (Å²) in [7, 11) is 0. The van der Waals surface area contributed by atoms with Crippen molar-refractivity contribution in [2.75, 3.05) is 0 Å². The van der Waals surface area contributed by atoms with Crippen LogP contribution in [0.2, 0.25) is 0 Å². The van der Waals surface area contributed by atoms with Gasteiger partial charge in [0.05, 0.1) is 11.4 Å². The molecule has 0 bridgehead atoms. The average Bonchev–Trinajstić information content (AvgIpc) is 3.08. The Bertz CT molecular complexity index is 1130. The second kappa shape index (κ2) is 6.48. The first-order valence-electron chi connectivity index (χ1n) is 8.16. The van der Waals surface area contributed by atoms with E-state index in [1.54, 1.807) is 37.5 Å². The van der Waals surface area contributed by atoms with Crippen LogP contribution in [0.1, 0.15) is 11.3 Å². The highest BCUT2D eigenvalue weighted by molar-refractivity contribution is 5.42. The lowest BCUT2D eigenvalue weighted by atomic mass is 10.2. The Kier molecular flexibility index (Phi) is 4.01. The molecule has 0 atom stereocenters. The van der Waals surface area contributed by atoms with Crippen LogP contribution in [0, 0.1) is 12.7 Å². The van der Waals surface area contributed by atoms with Crippen molar-refractivity contribution >= 4 is 5.65 Å². The third-order valence-corrected chi connectivity index (χ3v) is 4.13. The molecule has 4 aromatic rings. The van der Waals surface area contributed by atoms with E-state index in [0.29, 0.717) is 22.6 Å². The topological polar surface area (TPSA) is 48.5 Å². The summed E-state index contributed by atoms with van der Waals surface area (Å²) in [6.45, 7) is 1.93. The van der Waals surface area contributed by atoms with E-state index < -0.39 is 0 Å². The first kappa shape index (κ1) is 16.1. The van der Waals surface area contributed by atoms with Gasteiger partial charge in [-0.1, -0.05) is 24.3 Å². The van der Waals surface area contributed by atoms with Crippen molar-refractivity contribution in [3.8, 4) is 11.4 Å². The number of imidazole rings is 1. The fraction of sp³-hybridized carbons (Fsp3) is 0.100. The minimum Gasteiger partial charge on any atom is -0.487 e. The maximum Gasteiger partial charge on any atom is 0.338 e. The molecule has 4 rings (SSSR count). The number of nitrogens with zero attached hydrogens (tertiary/aromatic N) is 3. The van der Waals surface area contributed by atoms with E-state index in [9.17, 15) is 9.18 Å². The van der Waals surface area contributed by atoms with Gasteiger partial charge in [-0.3, -0.25) is 8.97 Å². The normalized spacial score (nSPS) is 11.0. The van der Waals surface area contributed by atoms with Crippen LogP contribution in [0.25, 0.3) is 11.3 Å². The quantitative estimate of drug-likeness (QED) is 0.566. The third kappa shape index (κ3) is 2.97. The first-order valence-corrected chi connectivity index (χ1v) is 8.16. The minimum atomic E-state index is -0.350. The number of rotatable bonds is 4. The Balaban J connectivity index is 1.67. The van der Waals surface area contributed by atoms with Crippen molar-refractivity contribution in [1.29, 1.82) is 0 Å². The molecule has 0 aliphatic carbocycles. The molecule has 2 aromatic heterocycles. The summed E-state index contributed by atoms with van der Waals surface area (Å²) in [6, 6.07) is 15.8. The van der Waals surface area contributed by atoms with Crippen LogP contribution in [-0.4, -0.2) is 14.0 Å².